The van der Waals surface area contributed by atoms with Gasteiger partial charge in [0.05, 0.1) is 6.61 Å². The number of nitrogens with zero attached hydrogens (tertiary/aromatic N) is 3. The molecule has 20 heavy (non-hydrogen) atoms. The molecule has 2 N–H and O–H groups in total. The van der Waals surface area contributed by atoms with Gasteiger partial charge in [-0.15, -0.1) is 6.58 Å². The van der Waals surface area contributed by atoms with Crippen LogP contribution in [0.15, 0.2) is 12.7 Å². The Bertz CT molecular complexity index is 354. The number of amides is 2. The monoisotopic (exact) mass is 285 g/mol. The second-order valence-corrected chi connectivity index (χ2v) is 4.78. The molecule has 0 saturated carbocycles. The topological polar surface area (TPSA) is 84.3 Å². The summed E-state index contributed by atoms with van der Waals surface area (Å²) in [6.45, 7) is 7.90. The van der Waals surface area contributed by atoms with Crippen LogP contribution >= 0.6 is 0 Å². The number of carbonyl (C=O) groups is 2. The summed E-state index contributed by atoms with van der Waals surface area (Å²) in [5.74, 6) is -0.849. The molecule has 1 saturated heterocycles. The molecule has 114 valence electrons. The van der Waals surface area contributed by atoms with E-state index < -0.39 is 12.0 Å². The lowest BCUT2D eigenvalue weighted by Gasteiger charge is -2.38. The molecule has 1 atom stereocenters. The third-order valence-electron chi connectivity index (χ3n) is 3.48. The minimum atomic E-state index is -0.849. The van der Waals surface area contributed by atoms with Gasteiger partial charge in [0.15, 0.2) is 0 Å². The van der Waals surface area contributed by atoms with Crippen molar-refractivity contribution in [3.63, 3.8) is 0 Å². The van der Waals surface area contributed by atoms with Crippen LogP contribution in [-0.2, 0) is 4.79 Å². The van der Waals surface area contributed by atoms with Crippen molar-refractivity contribution in [2.45, 2.75) is 13.0 Å². The second kappa shape index (κ2) is 7.86. The van der Waals surface area contributed by atoms with E-state index in [0.717, 1.165) is 0 Å². The first-order valence-electron chi connectivity index (χ1n) is 6.73. The molecule has 0 spiro atoms. The van der Waals surface area contributed by atoms with Crippen LogP contribution in [0.5, 0.6) is 0 Å². The highest BCUT2D eigenvalue weighted by Gasteiger charge is 2.28. The van der Waals surface area contributed by atoms with Crippen molar-refractivity contribution in [2.75, 3.05) is 45.9 Å². The van der Waals surface area contributed by atoms with Crippen molar-refractivity contribution in [3.05, 3.63) is 12.7 Å². The van der Waals surface area contributed by atoms with Crippen LogP contribution in [0.25, 0.3) is 0 Å². The molecule has 0 bridgehead atoms. The molecular formula is C13H23N3O4. The van der Waals surface area contributed by atoms with Crippen LogP contribution in [0.1, 0.15) is 6.92 Å². The first-order valence-corrected chi connectivity index (χ1v) is 6.73. The van der Waals surface area contributed by atoms with Crippen LogP contribution in [0.3, 0.4) is 0 Å². The van der Waals surface area contributed by atoms with Gasteiger partial charge in [0.25, 0.3) is 0 Å². The number of hydrogen-bond acceptors (Lipinski definition) is 4. The lowest BCUT2D eigenvalue weighted by molar-refractivity contribution is -0.143. The maximum absolute atomic E-state index is 12.2. The summed E-state index contributed by atoms with van der Waals surface area (Å²) in [6.07, 6.45) is 1.62. The summed E-state index contributed by atoms with van der Waals surface area (Å²) in [7, 11) is 0. The van der Waals surface area contributed by atoms with Gasteiger partial charge in [-0.2, -0.15) is 0 Å². The van der Waals surface area contributed by atoms with Gasteiger partial charge in [-0.1, -0.05) is 6.08 Å². The van der Waals surface area contributed by atoms with E-state index in [-0.39, 0.29) is 19.2 Å². The first-order chi connectivity index (χ1) is 9.51. The Balaban J connectivity index is 2.53. The minimum Gasteiger partial charge on any atom is -0.480 e. The molecule has 1 aliphatic rings. The van der Waals surface area contributed by atoms with Crippen LogP contribution in [0.2, 0.25) is 0 Å². The zero-order chi connectivity index (χ0) is 15.1. The molecule has 0 aromatic heterocycles. The van der Waals surface area contributed by atoms with E-state index in [1.54, 1.807) is 17.9 Å². The molecule has 2 amide bonds. The predicted octanol–water partition coefficient (Wildman–Crippen LogP) is -0.323. The van der Waals surface area contributed by atoms with Crippen molar-refractivity contribution in [2.24, 2.45) is 0 Å². The highest BCUT2D eigenvalue weighted by molar-refractivity contribution is 5.75. The lowest BCUT2D eigenvalue weighted by atomic mass is 10.2. The number of piperazine rings is 1. The van der Waals surface area contributed by atoms with Gasteiger partial charge in [0.1, 0.15) is 6.04 Å². The number of carboxylic acid groups (broad SMARTS) is 1. The molecule has 1 heterocycles. The highest BCUT2D eigenvalue weighted by Crippen LogP contribution is 2.09. The van der Waals surface area contributed by atoms with Gasteiger partial charge in [-0.05, 0) is 6.92 Å². The Morgan fingerprint density at radius 2 is 1.95 bits per heavy atom. The fraction of sp³-hybridized carbons (Fsp3) is 0.692. The number of carboxylic acids is 1. The molecule has 1 unspecified atom stereocenters. The number of aliphatic carboxylic acids is 1. The van der Waals surface area contributed by atoms with Gasteiger partial charge >= 0.3 is 12.0 Å². The van der Waals surface area contributed by atoms with Gasteiger partial charge in [0.2, 0.25) is 0 Å². The van der Waals surface area contributed by atoms with Gasteiger partial charge in [-0.25, -0.2) is 4.79 Å². The van der Waals surface area contributed by atoms with Crippen LogP contribution in [0.4, 0.5) is 4.79 Å². The molecule has 1 rings (SSSR count). The number of hydrogen-bond donors (Lipinski definition) is 2. The van der Waals surface area contributed by atoms with Crippen molar-refractivity contribution < 1.29 is 19.8 Å². The predicted molar refractivity (Wildman–Crippen MR) is 74.5 cm³/mol. The number of aliphatic hydroxyl groups excluding tert-OH is 1. The normalized spacial score (nSPS) is 17.6. The van der Waals surface area contributed by atoms with Gasteiger partial charge in [0, 0.05) is 39.3 Å². The molecule has 0 aromatic rings. The molecule has 7 nitrogen and oxygen atoms in total. The Kier molecular flexibility index (Phi) is 6.47. The maximum Gasteiger partial charge on any atom is 0.320 e. The smallest absolute Gasteiger partial charge is 0.320 e. The quantitative estimate of drug-likeness (QED) is 0.653. The first kappa shape index (κ1) is 16.5. The van der Waals surface area contributed by atoms with E-state index in [2.05, 4.69) is 6.58 Å². The fourth-order valence-electron chi connectivity index (χ4n) is 2.20. The summed E-state index contributed by atoms with van der Waals surface area (Å²) in [4.78, 5) is 28.2. The molecular weight excluding hydrogens is 262 g/mol. The van der Waals surface area contributed by atoms with Crippen molar-refractivity contribution in [1.29, 1.82) is 0 Å². The van der Waals surface area contributed by atoms with Crippen LogP contribution < -0.4 is 0 Å². The average molecular weight is 285 g/mol. The third kappa shape index (κ3) is 4.21. The lowest BCUT2D eigenvalue weighted by Crippen LogP contribution is -2.56. The number of carbonyl (C=O) groups excluding carboxylic acids is 1. The molecule has 0 radical (unpaired) electrons. The van der Waals surface area contributed by atoms with E-state index in [1.165, 1.54) is 4.90 Å². The Labute approximate surface area is 119 Å². The summed E-state index contributed by atoms with van der Waals surface area (Å²) in [5, 5.41) is 17.9. The van der Waals surface area contributed by atoms with E-state index in [0.29, 0.717) is 32.7 Å². The largest absolute Gasteiger partial charge is 0.480 e. The van der Waals surface area contributed by atoms with E-state index >= 15 is 0 Å². The fourth-order valence-corrected chi connectivity index (χ4v) is 2.20. The summed E-state index contributed by atoms with van der Waals surface area (Å²) in [5.41, 5.74) is 0. The van der Waals surface area contributed by atoms with Crippen LogP contribution in [-0.4, -0.2) is 88.8 Å². The molecule has 1 aliphatic heterocycles. The maximum atomic E-state index is 12.2. The number of rotatable bonds is 6. The Morgan fingerprint density at radius 1 is 1.35 bits per heavy atom. The highest BCUT2D eigenvalue weighted by atomic mass is 16.4. The van der Waals surface area contributed by atoms with Crippen molar-refractivity contribution in [1.82, 2.24) is 14.7 Å². The average Bonchev–Trinajstić information content (AvgIpc) is 2.45. The van der Waals surface area contributed by atoms with Gasteiger partial charge in [-0.3, -0.25) is 9.69 Å². The second-order valence-electron chi connectivity index (χ2n) is 4.78. The summed E-state index contributed by atoms with van der Waals surface area (Å²) >= 11 is 0. The molecule has 7 heteroatoms. The summed E-state index contributed by atoms with van der Waals surface area (Å²) in [6, 6.07) is -0.671. The minimum absolute atomic E-state index is 0.0877. The third-order valence-corrected chi connectivity index (χ3v) is 3.48. The Hall–Kier alpha value is -1.60. The zero-order valence-electron chi connectivity index (χ0n) is 11.9. The number of urea groups is 1. The summed E-state index contributed by atoms with van der Waals surface area (Å²) < 4.78 is 0. The van der Waals surface area contributed by atoms with Crippen molar-refractivity contribution >= 4 is 12.0 Å². The van der Waals surface area contributed by atoms with Crippen LogP contribution in [0, 0.1) is 0 Å². The van der Waals surface area contributed by atoms with E-state index in [9.17, 15) is 9.59 Å². The standard InChI is InChI=1S/C13H23N3O4/c1-3-4-15(9-10-17)13(20)16-7-5-14(6-8-16)11(2)12(18)19/h3,11,17H,1,4-10H2,2H3,(H,18,19). The Morgan fingerprint density at radius 3 is 2.40 bits per heavy atom. The molecule has 0 aromatic carbocycles. The van der Waals surface area contributed by atoms with Gasteiger partial charge < -0.3 is 20.0 Å². The molecule has 1 fully saturated rings. The van der Waals surface area contributed by atoms with E-state index in [1.807, 2.05) is 4.90 Å². The number of aliphatic hydroxyl groups is 1. The van der Waals surface area contributed by atoms with Crippen molar-refractivity contribution in [3.8, 4) is 0 Å². The zero-order valence-corrected chi connectivity index (χ0v) is 11.9. The SMILES string of the molecule is C=CCN(CCO)C(=O)N1CCN(C(C)C(=O)O)CC1. The van der Waals surface area contributed by atoms with E-state index in [4.69, 9.17) is 10.2 Å². The molecule has 0 aliphatic carbocycles.